The third-order valence-electron chi connectivity index (χ3n) is 4.64. The van der Waals surface area contributed by atoms with Crippen LogP contribution in [0.5, 0.6) is 0 Å². The number of anilines is 3. The van der Waals surface area contributed by atoms with Crippen LogP contribution >= 0.6 is 11.3 Å². The Morgan fingerprint density at radius 2 is 1.93 bits per heavy atom. The summed E-state index contributed by atoms with van der Waals surface area (Å²) in [7, 11) is 0. The lowest BCUT2D eigenvalue weighted by molar-refractivity contribution is -0.115. The second-order valence-corrected chi connectivity index (χ2v) is 7.75. The molecule has 0 unspecified atom stereocenters. The van der Waals surface area contributed by atoms with E-state index in [0.29, 0.717) is 10.3 Å². The molecule has 10 heteroatoms. The molecule has 3 heterocycles. The van der Waals surface area contributed by atoms with Gasteiger partial charge in [0.05, 0.1) is 13.0 Å². The number of rotatable bonds is 7. The van der Waals surface area contributed by atoms with Crippen molar-refractivity contribution in [3.8, 4) is 0 Å². The van der Waals surface area contributed by atoms with Gasteiger partial charge in [-0.1, -0.05) is 35.6 Å². The number of nitrogens with zero attached hydrogens (tertiary/aromatic N) is 5. The number of nitrogens with one attached hydrogen (secondary N) is 2. The first kappa shape index (κ1) is 19.2. The molecule has 150 valence electrons. The zero-order valence-corrected chi connectivity index (χ0v) is 16.5. The number of carbonyl (C=O) groups excluding carboxylic acids is 1. The second kappa shape index (κ2) is 8.93. The van der Waals surface area contributed by atoms with Crippen molar-refractivity contribution in [3.63, 3.8) is 0 Å². The molecule has 9 nitrogen and oxygen atoms in total. The van der Waals surface area contributed by atoms with Crippen molar-refractivity contribution >= 4 is 33.3 Å². The summed E-state index contributed by atoms with van der Waals surface area (Å²) in [6.07, 6.45) is 2.86. The van der Waals surface area contributed by atoms with E-state index in [0.717, 1.165) is 36.5 Å². The molecule has 0 aliphatic carbocycles. The van der Waals surface area contributed by atoms with Gasteiger partial charge in [-0.2, -0.15) is 5.10 Å². The van der Waals surface area contributed by atoms with Gasteiger partial charge < -0.3 is 20.6 Å². The highest BCUT2D eigenvalue weighted by Crippen LogP contribution is 2.24. The van der Waals surface area contributed by atoms with Crippen LogP contribution in [0.3, 0.4) is 0 Å². The lowest BCUT2D eigenvalue weighted by Crippen LogP contribution is -2.26. The summed E-state index contributed by atoms with van der Waals surface area (Å²) in [4.78, 5) is 14.4. The van der Waals surface area contributed by atoms with Gasteiger partial charge in [0.2, 0.25) is 16.2 Å². The van der Waals surface area contributed by atoms with Crippen molar-refractivity contribution in [3.05, 3.63) is 53.7 Å². The molecule has 1 fully saturated rings. The quantitative estimate of drug-likeness (QED) is 0.538. The molecule has 1 saturated heterocycles. The van der Waals surface area contributed by atoms with Crippen molar-refractivity contribution in [1.82, 2.24) is 20.4 Å². The molecule has 3 aromatic rings. The Bertz CT molecular complexity index is 949. The molecule has 1 aliphatic rings. The first-order chi connectivity index (χ1) is 14.2. The minimum absolute atomic E-state index is 0.00938. The van der Waals surface area contributed by atoms with E-state index >= 15 is 0 Å². The summed E-state index contributed by atoms with van der Waals surface area (Å²) in [6.45, 7) is 1.70. The maximum absolute atomic E-state index is 12.2. The summed E-state index contributed by atoms with van der Waals surface area (Å²) in [6, 6.07) is 11.3. The molecule has 0 saturated carbocycles. The summed E-state index contributed by atoms with van der Waals surface area (Å²) in [5.41, 5.74) is 1.69. The summed E-state index contributed by atoms with van der Waals surface area (Å²) >= 11 is 1.32. The molecule has 3 N–H and O–H groups in total. The van der Waals surface area contributed by atoms with Gasteiger partial charge in [0.15, 0.2) is 5.82 Å². The molecule has 0 radical (unpaired) electrons. The van der Waals surface area contributed by atoms with Crippen LogP contribution in [0.25, 0.3) is 0 Å². The van der Waals surface area contributed by atoms with Crippen molar-refractivity contribution < 1.29 is 9.90 Å². The van der Waals surface area contributed by atoms with Crippen LogP contribution in [0.4, 0.5) is 16.1 Å². The lowest BCUT2D eigenvalue weighted by atomic mass is 10.1. The highest BCUT2D eigenvalue weighted by atomic mass is 32.1. The van der Waals surface area contributed by atoms with E-state index in [4.69, 9.17) is 5.11 Å². The fourth-order valence-corrected chi connectivity index (χ4v) is 3.90. The number of aliphatic hydroxyl groups excluding tert-OH is 1. The van der Waals surface area contributed by atoms with E-state index in [1.807, 2.05) is 36.4 Å². The summed E-state index contributed by atoms with van der Waals surface area (Å²) in [5, 5.41) is 32.6. The Labute approximate surface area is 171 Å². The number of carbonyl (C=O) groups is 1. The van der Waals surface area contributed by atoms with Crippen LogP contribution in [0, 0.1) is 0 Å². The number of aromatic nitrogens is 4. The molecule has 29 heavy (non-hydrogen) atoms. The van der Waals surface area contributed by atoms with Crippen molar-refractivity contribution in [2.24, 2.45) is 0 Å². The summed E-state index contributed by atoms with van der Waals surface area (Å²) < 4.78 is 0. The van der Waals surface area contributed by atoms with E-state index in [1.54, 1.807) is 6.20 Å². The van der Waals surface area contributed by atoms with E-state index in [-0.39, 0.29) is 25.0 Å². The topological polar surface area (TPSA) is 116 Å². The fourth-order valence-electron chi connectivity index (χ4n) is 3.17. The van der Waals surface area contributed by atoms with Crippen LogP contribution < -0.4 is 15.5 Å². The van der Waals surface area contributed by atoms with Gasteiger partial charge in [-0.3, -0.25) is 4.79 Å². The summed E-state index contributed by atoms with van der Waals surface area (Å²) in [5.74, 6) is 0.716. The zero-order chi connectivity index (χ0) is 20.1. The van der Waals surface area contributed by atoms with Gasteiger partial charge in [0.25, 0.3) is 0 Å². The number of benzene rings is 1. The minimum atomic E-state index is -0.154. The average molecular weight is 411 g/mol. The SMILES string of the molecule is O=C(Cc1ccc(CO)cc1)Nc1nnc(N[C@@H]2CCN(c3cccnn3)C2)s1. The molecular weight excluding hydrogens is 390 g/mol. The predicted molar refractivity (Wildman–Crippen MR) is 111 cm³/mol. The molecule has 1 atom stereocenters. The third-order valence-corrected chi connectivity index (χ3v) is 5.41. The van der Waals surface area contributed by atoms with E-state index in [2.05, 4.69) is 35.9 Å². The van der Waals surface area contributed by atoms with E-state index in [9.17, 15) is 4.79 Å². The Morgan fingerprint density at radius 3 is 2.69 bits per heavy atom. The van der Waals surface area contributed by atoms with Gasteiger partial charge in [-0.25, -0.2) is 0 Å². The average Bonchev–Trinajstić information content (AvgIpc) is 3.39. The maximum Gasteiger partial charge on any atom is 0.230 e. The van der Waals surface area contributed by atoms with Crippen LogP contribution in [0.1, 0.15) is 17.5 Å². The van der Waals surface area contributed by atoms with Gasteiger partial charge in [-0.15, -0.1) is 15.3 Å². The highest BCUT2D eigenvalue weighted by molar-refractivity contribution is 7.19. The monoisotopic (exact) mass is 411 g/mol. The van der Waals surface area contributed by atoms with Gasteiger partial charge in [0.1, 0.15) is 0 Å². The number of hydrogen-bond acceptors (Lipinski definition) is 9. The first-order valence-electron chi connectivity index (χ1n) is 9.31. The Morgan fingerprint density at radius 1 is 1.14 bits per heavy atom. The third kappa shape index (κ3) is 5.04. The lowest BCUT2D eigenvalue weighted by Gasteiger charge is -2.16. The zero-order valence-electron chi connectivity index (χ0n) is 15.7. The highest BCUT2D eigenvalue weighted by Gasteiger charge is 2.24. The van der Waals surface area contributed by atoms with Gasteiger partial charge >= 0.3 is 0 Å². The molecule has 1 aliphatic heterocycles. The smallest absolute Gasteiger partial charge is 0.230 e. The fraction of sp³-hybridized carbons (Fsp3) is 0.316. The van der Waals surface area contributed by atoms with Crippen molar-refractivity contribution in [2.75, 3.05) is 28.6 Å². The minimum Gasteiger partial charge on any atom is -0.392 e. The second-order valence-electron chi connectivity index (χ2n) is 6.77. The van der Waals surface area contributed by atoms with Crippen LogP contribution in [-0.4, -0.2) is 50.5 Å². The Kier molecular flexibility index (Phi) is 5.92. The molecule has 4 rings (SSSR count). The van der Waals surface area contributed by atoms with E-state index < -0.39 is 0 Å². The standard InChI is InChI=1S/C19H21N7O2S/c27-12-14-5-3-13(4-6-14)10-17(28)22-19-25-24-18(29-19)21-15-7-9-26(11-15)16-2-1-8-20-23-16/h1-6,8,15,27H,7,9-12H2,(H,21,24)(H,22,25,28)/t15-/m1/s1. The van der Waals surface area contributed by atoms with Crippen LogP contribution in [-0.2, 0) is 17.8 Å². The van der Waals surface area contributed by atoms with Crippen molar-refractivity contribution in [2.45, 2.75) is 25.5 Å². The number of hydrogen-bond donors (Lipinski definition) is 3. The normalized spacial score (nSPS) is 16.0. The molecule has 0 bridgehead atoms. The van der Waals surface area contributed by atoms with Gasteiger partial charge in [0, 0.05) is 25.3 Å². The molecule has 0 spiro atoms. The maximum atomic E-state index is 12.2. The van der Waals surface area contributed by atoms with Crippen LogP contribution in [0.2, 0.25) is 0 Å². The molecular formula is C19H21N7O2S. The van der Waals surface area contributed by atoms with Crippen molar-refractivity contribution in [1.29, 1.82) is 0 Å². The molecule has 1 amide bonds. The van der Waals surface area contributed by atoms with Gasteiger partial charge in [-0.05, 0) is 29.7 Å². The Balaban J connectivity index is 1.27. The predicted octanol–water partition coefficient (Wildman–Crippen LogP) is 1.69. The first-order valence-corrected chi connectivity index (χ1v) is 10.1. The molecule has 1 aromatic carbocycles. The van der Waals surface area contributed by atoms with E-state index in [1.165, 1.54) is 11.3 Å². The van der Waals surface area contributed by atoms with Crippen LogP contribution in [0.15, 0.2) is 42.6 Å². The largest absolute Gasteiger partial charge is 0.392 e. The number of amides is 1. The molecule has 2 aromatic heterocycles. The number of aliphatic hydroxyl groups is 1. The Hall–Kier alpha value is -3.11.